The third kappa shape index (κ3) is 2.75. The molecule has 0 unspecified atom stereocenters. The maximum Gasteiger partial charge on any atom is 0.207 e. The van der Waals surface area contributed by atoms with Gasteiger partial charge in [0.2, 0.25) is 5.79 Å². The molecule has 0 amide bonds. The Kier molecular flexibility index (Phi) is 4.68. The molecule has 1 aromatic rings. The van der Waals surface area contributed by atoms with Crippen LogP contribution in [0.3, 0.4) is 0 Å². The van der Waals surface area contributed by atoms with Gasteiger partial charge < -0.3 is 15.2 Å². The molecule has 0 bridgehead atoms. The first-order valence-electron chi connectivity index (χ1n) is 5.17. The summed E-state index contributed by atoms with van der Waals surface area (Å²) in [5, 5.41) is 0. The van der Waals surface area contributed by atoms with Crippen LogP contribution in [0.15, 0.2) is 24.5 Å². The molecular formula is C11H18N2O2. The summed E-state index contributed by atoms with van der Waals surface area (Å²) in [5.74, 6) is -0.827. The first-order chi connectivity index (χ1) is 7.29. The second kappa shape index (κ2) is 5.80. The van der Waals surface area contributed by atoms with E-state index in [9.17, 15) is 0 Å². The second-order valence-corrected chi connectivity index (χ2v) is 3.06. The van der Waals surface area contributed by atoms with Crippen LogP contribution >= 0.6 is 0 Å². The number of hydrogen-bond acceptors (Lipinski definition) is 4. The van der Waals surface area contributed by atoms with E-state index in [1.54, 1.807) is 12.4 Å². The number of hydrogen-bond donors (Lipinski definition) is 1. The number of aromatic nitrogens is 1. The van der Waals surface area contributed by atoms with Crippen molar-refractivity contribution in [3.8, 4) is 0 Å². The third-order valence-corrected chi connectivity index (χ3v) is 2.14. The number of nitrogens with zero attached hydrogens (tertiary/aromatic N) is 1. The van der Waals surface area contributed by atoms with Crippen LogP contribution in [0.2, 0.25) is 0 Å². The van der Waals surface area contributed by atoms with Crippen LogP contribution in [0.4, 0.5) is 0 Å². The SMILES string of the molecule is CCOC(CN)(OCC)c1ccncc1. The quantitative estimate of drug-likeness (QED) is 0.718. The minimum absolute atomic E-state index is 0.290. The normalized spacial score (nSPS) is 11.7. The fourth-order valence-electron chi connectivity index (χ4n) is 1.52. The van der Waals surface area contributed by atoms with Gasteiger partial charge in [-0.2, -0.15) is 0 Å². The van der Waals surface area contributed by atoms with Crippen molar-refractivity contribution in [1.29, 1.82) is 0 Å². The molecule has 1 rings (SSSR count). The predicted octanol–water partition coefficient (Wildman–Crippen LogP) is 1.27. The van der Waals surface area contributed by atoms with E-state index in [0.29, 0.717) is 19.8 Å². The van der Waals surface area contributed by atoms with Gasteiger partial charge in [0.1, 0.15) is 0 Å². The van der Waals surface area contributed by atoms with E-state index < -0.39 is 5.79 Å². The predicted molar refractivity (Wildman–Crippen MR) is 58.2 cm³/mol. The van der Waals surface area contributed by atoms with Gasteiger partial charge in [0.15, 0.2) is 0 Å². The van der Waals surface area contributed by atoms with Gasteiger partial charge in [0.25, 0.3) is 0 Å². The molecule has 0 spiro atoms. The number of nitrogens with two attached hydrogens (primary N) is 1. The van der Waals surface area contributed by atoms with Crippen molar-refractivity contribution in [3.63, 3.8) is 0 Å². The fourth-order valence-corrected chi connectivity index (χ4v) is 1.52. The van der Waals surface area contributed by atoms with Crippen LogP contribution in [-0.2, 0) is 15.3 Å². The molecule has 4 nitrogen and oxygen atoms in total. The lowest BCUT2D eigenvalue weighted by molar-refractivity contribution is -0.235. The maximum absolute atomic E-state index is 5.74. The minimum Gasteiger partial charge on any atom is -0.345 e. The smallest absolute Gasteiger partial charge is 0.207 e. The molecule has 1 heterocycles. The largest absolute Gasteiger partial charge is 0.345 e. The Morgan fingerprint density at radius 3 is 2.13 bits per heavy atom. The molecule has 0 aliphatic carbocycles. The Bertz CT molecular complexity index is 271. The molecular weight excluding hydrogens is 192 g/mol. The van der Waals surface area contributed by atoms with Gasteiger partial charge in [-0.1, -0.05) is 0 Å². The first-order valence-corrected chi connectivity index (χ1v) is 5.17. The molecule has 0 radical (unpaired) electrons. The summed E-state index contributed by atoms with van der Waals surface area (Å²) in [4.78, 5) is 3.96. The van der Waals surface area contributed by atoms with Crippen molar-refractivity contribution < 1.29 is 9.47 Å². The average molecular weight is 210 g/mol. The highest BCUT2D eigenvalue weighted by molar-refractivity contribution is 5.17. The Morgan fingerprint density at radius 1 is 1.20 bits per heavy atom. The number of rotatable bonds is 6. The van der Waals surface area contributed by atoms with E-state index in [-0.39, 0.29) is 0 Å². The Morgan fingerprint density at radius 2 is 1.73 bits per heavy atom. The first kappa shape index (κ1) is 12.1. The third-order valence-electron chi connectivity index (χ3n) is 2.14. The standard InChI is InChI=1S/C11H18N2O2/c1-3-14-11(9-12,15-4-2)10-5-7-13-8-6-10/h5-8H,3-4,9,12H2,1-2H3. The molecule has 0 saturated heterocycles. The summed E-state index contributed by atoms with van der Waals surface area (Å²) in [6.07, 6.45) is 3.41. The van der Waals surface area contributed by atoms with Gasteiger partial charge in [-0.3, -0.25) is 4.98 Å². The van der Waals surface area contributed by atoms with Crippen LogP contribution in [0.5, 0.6) is 0 Å². The Hall–Kier alpha value is -0.970. The van der Waals surface area contributed by atoms with Gasteiger partial charge >= 0.3 is 0 Å². The van der Waals surface area contributed by atoms with E-state index in [2.05, 4.69) is 4.98 Å². The monoisotopic (exact) mass is 210 g/mol. The van der Waals surface area contributed by atoms with Crippen molar-refractivity contribution in [3.05, 3.63) is 30.1 Å². The average Bonchev–Trinajstić information content (AvgIpc) is 2.30. The fraction of sp³-hybridized carbons (Fsp3) is 0.545. The molecule has 0 aliphatic rings. The van der Waals surface area contributed by atoms with Gasteiger partial charge in [0, 0.05) is 31.2 Å². The minimum atomic E-state index is -0.827. The zero-order valence-electron chi connectivity index (χ0n) is 9.27. The van der Waals surface area contributed by atoms with E-state index in [0.717, 1.165) is 5.56 Å². The number of ether oxygens (including phenoxy) is 2. The van der Waals surface area contributed by atoms with Gasteiger partial charge in [0.05, 0.1) is 6.54 Å². The van der Waals surface area contributed by atoms with E-state index in [1.165, 1.54) is 0 Å². The van der Waals surface area contributed by atoms with Gasteiger partial charge in [-0.25, -0.2) is 0 Å². The molecule has 15 heavy (non-hydrogen) atoms. The van der Waals surface area contributed by atoms with E-state index in [4.69, 9.17) is 15.2 Å². The summed E-state index contributed by atoms with van der Waals surface area (Å²) in [5.41, 5.74) is 6.65. The van der Waals surface area contributed by atoms with Crippen LogP contribution in [-0.4, -0.2) is 24.7 Å². The number of pyridine rings is 1. The molecule has 4 heteroatoms. The van der Waals surface area contributed by atoms with Crippen LogP contribution in [0.1, 0.15) is 19.4 Å². The molecule has 84 valence electrons. The van der Waals surface area contributed by atoms with Crippen molar-refractivity contribution in [1.82, 2.24) is 4.98 Å². The maximum atomic E-state index is 5.74. The highest BCUT2D eigenvalue weighted by Crippen LogP contribution is 2.25. The molecule has 0 atom stereocenters. The van der Waals surface area contributed by atoms with Crippen molar-refractivity contribution in [2.24, 2.45) is 5.73 Å². The van der Waals surface area contributed by atoms with Gasteiger partial charge in [-0.15, -0.1) is 0 Å². The molecule has 0 aliphatic heterocycles. The van der Waals surface area contributed by atoms with Crippen molar-refractivity contribution in [2.45, 2.75) is 19.6 Å². The zero-order chi connectivity index (χ0) is 11.1. The second-order valence-electron chi connectivity index (χ2n) is 3.06. The summed E-state index contributed by atoms with van der Waals surface area (Å²) in [7, 11) is 0. The highest BCUT2D eigenvalue weighted by atomic mass is 16.7. The van der Waals surface area contributed by atoms with E-state index >= 15 is 0 Å². The molecule has 0 saturated carbocycles. The van der Waals surface area contributed by atoms with Crippen molar-refractivity contribution in [2.75, 3.05) is 19.8 Å². The van der Waals surface area contributed by atoms with Crippen LogP contribution in [0.25, 0.3) is 0 Å². The lowest BCUT2D eigenvalue weighted by Crippen LogP contribution is -2.41. The summed E-state index contributed by atoms with van der Waals surface area (Å²) < 4.78 is 11.3. The van der Waals surface area contributed by atoms with Gasteiger partial charge in [-0.05, 0) is 26.0 Å². The van der Waals surface area contributed by atoms with Crippen molar-refractivity contribution >= 4 is 0 Å². The Balaban J connectivity index is 2.97. The molecule has 0 aromatic carbocycles. The molecule has 0 fully saturated rings. The zero-order valence-corrected chi connectivity index (χ0v) is 9.27. The summed E-state index contributed by atoms with van der Waals surface area (Å²) in [6.45, 7) is 5.24. The highest BCUT2D eigenvalue weighted by Gasteiger charge is 2.31. The van der Waals surface area contributed by atoms with Crippen LogP contribution in [0, 0.1) is 0 Å². The lowest BCUT2D eigenvalue weighted by Gasteiger charge is -2.32. The molecule has 1 aromatic heterocycles. The summed E-state index contributed by atoms with van der Waals surface area (Å²) >= 11 is 0. The Labute approximate surface area is 90.4 Å². The lowest BCUT2D eigenvalue weighted by atomic mass is 10.1. The summed E-state index contributed by atoms with van der Waals surface area (Å²) in [6, 6.07) is 3.72. The topological polar surface area (TPSA) is 57.4 Å². The van der Waals surface area contributed by atoms with E-state index in [1.807, 2.05) is 26.0 Å². The van der Waals surface area contributed by atoms with Crippen LogP contribution < -0.4 is 5.73 Å². The molecule has 2 N–H and O–H groups in total.